The van der Waals surface area contributed by atoms with Crippen molar-refractivity contribution in [2.75, 3.05) is 18.4 Å². The number of anilines is 1. The number of piperidine rings is 1. The highest BCUT2D eigenvalue weighted by molar-refractivity contribution is 5.91. The third-order valence-electron chi connectivity index (χ3n) is 4.34. The first kappa shape index (κ1) is 18.0. The lowest BCUT2D eigenvalue weighted by atomic mass is 9.90. The molecule has 0 spiro atoms. The Morgan fingerprint density at radius 3 is 2.57 bits per heavy atom. The molecule has 1 amide bonds. The van der Waals surface area contributed by atoms with E-state index in [0.717, 1.165) is 50.1 Å². The fourth-order valence-corrected chi connectivity index (χ4v) is 2.80. The molecule has 4 heteroatoms. The molecule has 0 radical (unpaired) electrons. The molecule has 0 saturated carbocycles. The summed E-state index contributed by atoms with van der Waals surface area (Å²) in [5, 5.41) is 12.7. The van der Waals surface area contributed by atoms with Crippen molar-refractivity contribution in [2.24, 2.45) is 5.41 Å². The zero-order chi connectivity index (χ0) is 16.9. The molecule has 1 saturated heterocycles. The summed E-state index contributed by atoms with van der Waals surface area (Å²) in [5.41, 5.74) is 2.23. The van der Waals surface area contributed by atoms with E-state index in [1.54, 1.807) is 0 Å². The van der Waals surface area contributed by atoms with Crippen molar-refractivity contribution in [2.45, 2.75) is 59.1 Å². The minimum atomic E-state index is -0.154. The first-order valence-corrected chi connectivity index (χ1v) is 8.62. The van der Waals surface area contributed by atoms with Gasteiger partial charge in [0.1, 0.15) is 0 Å². The van der Waals surface area contributed by atoms with E-state index in [0.29, 0.717) is 6.42 Å². The highest BCUT2D eigenvalue weighted by Crippen LogP contribution is 2.23. The normalized spacial score (nSPS) is 17.2. The highest BCUT2D eigenvalue weighted by Gasteiger charge is 2.18. The van der Waals surface area contributed by atoms with Crippen molar-refractivity contribution in [3.05, 3.63) is 29.8 Å². The Kier molecular flexibility index (Phi) is 6.19. The van der Waals surface area contributed by atoms with E-state index in [-0.39, 0.29) is 17.4 Å². The Morgan fingerprint density at radius 1 is 1.26 bits per heavy atom. The van der Waals surface area contributed by atoms with Crippen molar-refractivity contribution < 1.29 is 9.90 Å². The van der Waals surface area contributed by atoms with Crippen molar-refractivity contribution in [1.29, 1.82) is 0 Å². The molecule has 0 bridgehead atoms. The van der Waals surface area contributed by atoms with Gasteiger partial charge in [0.15, 0.2) is 0 Å². The van der Waals surface area contributed by atoms with Gasteiger partial charge in [0.25, 0.3) is 0 Å². The largest absolute Gasteiger partial charge is 0.393 e. The molecule has 0 unspecified atom stereocenters. The van der Waals surface area contributed by atoms with Crippen LogP contribution in [0.2, 0.25) is 0 Å². The standard InChI is InChI=1S/C19H30N2O2/c1-19(2,3)11-8-18(23)20-17-7-5-4-6-15(17)14-21-12-9-16(22)10-13-21/h4-7,16,22H,8-14H2,1-3H3,(H,20,23). The predicted molar refractivity (Wildman–Crippen MR) is 94.3 cm³/mol. The van der Waals surface area contributed by atoms with Gasteiger partial charge in [0, 0.05) is 31.7 Å². The first-order chi connectivity index (χ1) is 10.8. The minimum Gasteiger partial charge on any atom is -0.393 e. The summed E-state index contributed by atoms with van der Waals surface area (Å²) in [7, 11) is 0. The summed E-state index contributed by atoms with van der Waals surface area (Å²) in [5.74, 6) is 0.0847. The summed E-state index contributed by atoms with van der Waals surface area (Å²) >= 11 is 0. The molecule has 4 nitrogen and oxygen atoms in total. The molecular formula is C19H30N2O2. The predicted octanol–water partition coefficient (Wildman–Crippen LogP) is 3.41. The molecular weight excluding hydrogens is 288 g/mol. The van der Waals surface area contributed by atoms with Crippen LogP contribution >= 0.6 is 0 Å². The van der Waals surface area contributed by atoms with E-state index in [4.69, 9.17) is 0 Å². The van der Waals surface area contributed by atoms with Gasteiger partial charge in [-0.2, -0.15) is 0 Å². The average Bonchev–Trinajstić information content (AvgIpc) is 2.49. The second-order valence-corrected chi connectivity index (χ2v) is 7.77. The molecule has 0 aliphatic carbocycles. The molecule has 2 N–H and O–H groups in total. The number of hydrogen-bond acceptors (Lipinski definition) is 3. The highest BCUT2D eigenvalue weighted by atomic mass is 16.3. The van der Waals surface area contributed by atoms with Crippen LogP contribution in [0.1, 0.15) is 52.0 Å². The zero-order valence-electron chi connectivity index (χ0n) is 14.6. The summed E-state index contributed by atoms with van der Waals surface area (Å²) in [6.45, 7) is 9.10. The lowest BCUT2D eigenvalue weighted by Gasteiger charge is -2.30. The number of carbonyl (C=O) groups is 1. The molecule has 128 valence electrons. The van der Waals surface area contributed by atoms with Crippen molar-refractivity contribution >= 4 is 11.6 Å². The molecule has 1 heterocycles. The number of aliphatic hydroxyl groups is 1. The first-order valence-electron chi connectivity index (χ1n) is 8.62. The lowest BCUT2D eigenvalue weighted by molar-refractivity contribution is -0.116. The monoisotopic (exact) mass is 318 g/mol. The van der Waals surface area contributed by atoms with E-state index < -0.39 is 0 Å². The van der Waals surface area contributed by atoms with Crippen LogP contribution in [-0.4, -0.2) is 35.1 Å². The van der Waals surface area contributed by atoms with Gasteiger partial charge >= 0.3 is 0 Å². The quantitative estimate of drug-likeness (QED) is 0.875. The number of rotatable bonds is 5. The van der Waals surface area contributed by atoms with Crippen LogP contribution in [0.25, 0.3) is 0 Å². The Morgan fingerprint density at radius 2 is 1.91 bits per heavy atom. The number of amides is 1. The molecule has 1 aromatic rings. The van der Waals surface area contributed by atoms with Crippen molar-refractivity contribution in [3.63, 3.8) is 0 Å². The zero-order valence-corrected chi connectivity index (χ0v) is 14.6. The number of carbonyl (C=O) groups excluding carboxylic acids is 1. The fourth-order valence-electron chi connectivity index (χ4n) is 2.80. The molecule has 1 aliphatic heterocycles. The Bertz CT molecular complexity index is 514. The van der Waals surface area contributed by atoms with Crippen LogP contribution in [0, 0.1) is 5.41 Å². The van der Waals surface area contributed by atoms with Gasteiger partial charge in [0.2, 0.25) is 5.91 Å². The maximum atomic E-state index is 12.2. The molecule has 2 rings (SSSR count). The van der Waals surface area contributed by atoms with Crippen LogP contribution < -0.4 is 5.32 Å². The van der Waals surface area contributed by atoms with E-state index >= 15 is 0 Å². The molecule has 0 atom stereocenters. The maximum Gasteiger partial charge on any atom is 0.224 e. The SMILES string of the molecule is CC(C)(C)CCC(=O)Nc1ccccc1CN1CCC(O)CC1. The smallest absolute Gasteiger partial charge is 0.224 e. The van der Waals surface area contributed by atoms with Crippen LogP contribution in [0.15, 0.2) is 24.3 Å². The van der Waals surface area contributed by atoms with Crippen LogP contribution in [0.3, 0.4) is 0 Å². The Hall–Kier alpha value is -1.39. The Labute approximate surface area is 139 Å². The average molecular weight is 318 g/mol. The van der Waals surface area contributed by atoms with Gasteiger partial charge in [-0.3, -0.25) is 9.69 Å². The number of hydrogen-bond donors (Lipinski definition) is 2. The van der Waals surface area contributed by atoms with Gasteiger partial charge in [-0.15, -0.1) is 0 Å². The van der Waals surface area contributed by atoms with Gasteiger partial charge in [-0.25, -0.2) is 0 Å². The van der Waals surface area contributed by atoms with Crippen molar-refractivity contribution in [3.8, 4) is 0 Å². The maximum absolute atomic E-state index is 12.2. The molecule has 1 aromatic carbocycles. The topological polar surface area (TPSA) is 52.6 Å². The fraction of sp³-hybridized carbons (Fsp3) is 0.632. The van der Waals surface area contributed by atoms with Gasteiger partial charge in [-0.1, -0.05) is 39.0 Å². The van der Waals surface area contributed by atoms with Gasteiger partial charge < -0.3 is 10.4 Å². The van der Waals surface area contributed by atoms with E-state index in [9.17, 15) is 9.90 Å². The number of nitrogens with one attached hydrogen (secondary N) is 1. The molecule has 23 heavy (non-hydrogen) atoms. The number of benzene rings is 1. The summed E-state index contributed by atoms with van der Waals surface area (Å²) in [4.78, 5) is 14.5. The number of aliphatic hydroxyl groups excluding tert-OH is 1. The molecule has 1 aliphatic rings. The third-order valence-corrected chi connectivity index (χ3v) is 4.34. The minimum absolute atomic E-state index is 0.0847. The molecule has 0 aromatic heterocycles. The summed E-state index contributed by atoms with van der Waals surface area (Å²) in [6.07, 6.45) is 2.94. The second kappa shape index (κ2) is 7.93. The Balaban J connectivity index is 1.93. The summed E-state index contributed by atoms with van der Waals surface area (Å²) < 4.78 is 0. The van der Waals surface area contributed by atoms with Crippen LogP contribution in [0.4, 0.5) is 5.69 Å². The third kappa shape index (κ3) is 6.32. The lowest BCUT2D eigenvalue weighted by Crippen LogP contribution is -2.35. The number of nitrogens with zero attached hydrogens (tertiary/aromatic N) is 1. The molecule has 1 fully saturated rings. The van der Waals surface area contributed by atoms with Crippen LogP contribution in [0.5, 0.6) is 0 Å². The van der Waals surface area contributed by atoms with E-state index in [1.807, 2.05) is 18.2 Å². The number of likely N-dealkylation sites (tertiary alicyclic amines) is 1. The van der Waals surface area contributed by atoms with Gasteiger partial charge in [0.05, 0.1) is 6.10 Å². The second-order valence-electron chi connectivity index (χ2n) is 7.77. The van der Waals surface area contributed by atoms with Gasteiger partial charge in [-0.05, 0) is 36.3 Å². The van der Waals surface area contributed by atoms with E-state index in [2.05, 4.69) is 37.1 Å². The van der Waals surface area contributed by atoms with Crippen LogP contribution in [-0.2, 0) is 11.3 Å². The summed E-state index contributed by atoms with van der Waals surface area (Å²) in [6, 6.07) is 8.02. The number of para-hydroxylation sites is 1. The van der Waals surface area contributed by atoms with Crippen molar-refractivity contribution in [1.82, 2.24) is 4.90 Å². The van der Waals surface area contributed by atoms with E-state index in [1.165, 1.54) is 0 Å².